The molecule has 1 aromatic heterocycles. The second kappa shape index (κ2) is 2.83. The Bertz CT molecular complexity index is 318. The highest BCUT2D eigenvalue weighted by molar-refractivity contribution is 7.80. The highest BCUT2D eigenvalue weighted by Crippen LogP contribution is 2.39. The van der Waals surface area contributed by atoms with Gasteiger partial charge in [-0.1, -0.05) is 12.2 Å². The van der Waals surface area contributed by atoms with E-state index in [1.165, 1.54) is 18.4 Å². The molecular formula is C9H10N2S. The van der Waals surface area contributed by atoms with E-state index in [2.05, 4.69) is 4.98 Å². The molecule has 12 heavy (non-hydrogen) atoms. The van der Waals surface area contributed by atoms with Gasteiger partial charge < -0.3 is 5.73 Å². The first kappa shape index (κ1) is 7.68. The van der Waals surface area contributed by atoms with Gasteiger partial charge in [-0.2, -0.15) is 0 Å². The third kappa shape index (κ3) is 1.46. The molecule has 0 radical (unpaired) electrons. The van der Waals surface area contributed by atoms with E-state index < -0.39 is 0 Å². The predicted molar refractivity (Wildman–Crippen MR) is 52.1 cm³/mol. The minimum atomic E-state index is 0.435. The van der Waals surface area contributed by atoms with E-state index >= 15 is 0 Å². The van der Waals surface area contributed by atoms with Gasteiger partial charge in [-0.3, -0.25) is 4.98 Å². The van der Waals surface area contributed by atoms with Gasteiger partial charge in [0, 0.05) is 18.0 Å². The highest BCUT2D eigenvalue weighted by Gasteiger charge is 2.23. The van der Waals surface area contributed by atoms with E-state index in [9.17, 15) is 0 Å². The van der Waals surface area contributed by atoms with Crippen molar-refractivity contribution in [3.05, 3.63) is 29.6 Å². The van der Waals surface area contributed by atoms with Crippen LogP contribution in [0.4, 0.5) is 0 Å². The van der Waals surface area contributed by atoms with Crippen molar-refractivity contribution < 1.29 is 0 Å². The van der Waals surface area contributed by atoms with Crippen LogP contribution < -0.4 is 5.73 Å². The fraction of sp³-hybridized carbons (Fsp3) is 0.333. The van der Waals surface area contributed by atoms with E-state index in [0.29, 0.717) is 10.9 Å². The Hall–Kier alpha value is -0.960. The number of aromatic nitrogens is 1. The standard InChI is InChI=1S/C9H10N2S/c10-9(12)8-3-7(4-11-5-8)6-1-2-6/h3-6H,1-2H2,(H2,10,12). The van der Waals surface area contributed by atoms with Crippen LogP contribution in [0.5, 0.6) is 0 Å². The summed E-state index contributed by atoms with van der Waals surface area (Å²) in [5.74, 6) is 0.715. The molecule has 0 unspecified atom stereocenters. The Morgan fingerprint density at radius 1 is 1.50 bits per heavy atom. The van der Waals surface area contributed by atoms with Crippen LogP contribution >= 0.6 is 12.2 Å². The zero-order valence-corrected chi connectivity index (χ0v) is 7.47. The average molecular weight is 178 g/mol. The Morgan fingerprint density at radius 3 is 2.83 bits per heavy atom. The summed E-state index contributed by atoms with van der Waals surface area (Å²) >= 11 is 4.87. The summed E-state index contributed by atoms with van der Waals surface area (Å²) in [4.78, 5) is 4.53. The van der Waals surface area contributed by atoms with Gasteiger partial charge in [-0.05, 0) is 30.4 Å². The largest absolute Gasteiger partial charge is 0.389 e. The van der Waals surface area contributed by atoms with Crippen molar-refractivity contribution in [1.82, 2.24) is 4.98 Å². The number of pyridine rings is 1. The molecule has 2 N–H and O–H groups in total. The van der Waals surface area contributed by atoms with Crippen molar-refractivity contribution >= 4 is 17.2 Å². The lowest BCUT2D eigenvalue weighted by atomic mass is 10.1. The first-order valence-corrected chi connectivity index (χ1v) is 4.43. The van der Waals surface area contributed by atoms with Gasteiger partial charge in [-0.15, -0.1) is 0 Å². The normalized spacial score (nSPS) is 16.0. The van der Waals surface area contributed by atoms with Gasteiger partial charge in [0.15, 0.2) is 0 Å². The molecule has 0 amide bonds. The summed E-state index contributed by atoms with van der Waals surface area (Å²) in [6.07, 6.45) is 6.18. The quantitative estimate of drug-likeness (QED) is 0.699. The van der Waals surface area contributed by atoms with Crippen molar-refractivity contribution in [2.24, 2.45) is 5.73 Å². The number of thiocarbonyl (C=S) groups is 1. The van der Waals surface area contributed by atoms with Crippen LogP contribution in [0.1, 0.15) is 29.9 Å². The maximum absolute atomic E-state index is 5.49. The third-order valence-electron chi connectivity index (χ3n) is 2.09. The van der Waals surface area contributed by atoms with Gasteiger partial charge in [0.25, 0.3) is 0 Å². The van der Waals surface area contributed by atoms with E-state index in [1.807, 2.05) is 12.3 Å². The van der Waals surface area contributed by atoms with Crippen LogP contribution in [0.2, 0.25) is 0 Å². The molecule has 0 aromatic carbocycles. The minimum Gasteiger partial charge on any atom is -0.389 e. The second-order valence-electron chi connectivity index (χ2n) is 3.15. The first-order chi connectivity index (χ1) is 5.77. The van der Waals surface area contributed by atoms with Crippen molar-refractivity contribution in [2.45, 2.75) is 18.8 Å². The molecule has 2 rings (SSSR count). The molecule has 1 aliphatic carbocycles. The fourth-order valence-corrected chi connectivity index (χ4v) is 1.34. The summed E-state index contributed by atoms with van der Waals surface area (Å²) in [5.41, 5.74) is 7.66. The van der Waals surface area contributed by atoms with Crippen molar-refractivity contribution in [1.29, 1.82) is 0 Å². The Labute approximate surface area is 76.8 Å². The molecule has 0 atom stereocenters. The molecule has 1 saturated carbocycles. The predicted octanol–water partition coefficient (Wildman–Crippen LogP) is 1.59. The van der Waals surface area contributed by atoms with Crippen molar-refractivity contribution in [2.75, 3.05) is 0 Å². The number of hydrogen-bond acceptors (Lipinski definition) is 2. The lowest BCUT2D eigenvalue weighted by Crippen LogP contribution is -2.09. The molecule has 0 saturated heterocycles. The maximum atomic E-state index is 5.49. The number of rotatable bonds is 2. The van der Waals surface area contributed by atoms with Gasteiger partial charge in [-0.25, -0.2) is 0 Å². The van der Waals surface area contributed by atoms with Crippen LogP contribution in [0, 0.1) is 0 Å². The zero-order chi connectivity index (χ0) is 8.55. The molecule has 1 aromatic rings. The molecule has 3 heteroatoms. The molecule has 0 aliphatic heterocycles. The van der Waals surface area contributed by atoms with E-state index in [1.54, 1.807) is 6.20 Å². The minimum absolute atomic E-state index is 0.435. The number of hydrogen-bond donors (Lipinski definition) is 1. The second-order valence-corrected chi connectivity index (χ2v) is 3.59. The summed E-state index contributed by atoms with van der Waals surface area (Å²) in [5, 5.41) is 0. The molecule has 62 valence electrons. The highest BCUT2D eigenvalue weighted by atomic mass is 32.1. The number of nitrogens with two attached hydrogens (primary N) is 1. The maximum Gasteiger partial charge on any atom is 0.105 e. The number of nitrogens with zero attached hydrogens (tertiary/aromatic N) is 1. The van der Waals surface area contributed by atoms with E-state index in [4.69, 9.17) is 18.0 Å². The lowest BCUT2D eigenvalue weighted by Gasteiger charge is -2.00. The molecule has 1 aliphatic rings. The van der Waals surface area contributed by atoms with Gasteiger partial charge in [0.2, 0.25) is 0 Å². The summed E-state index contributed by atoms with van der Waals surface area (Å²) < 4.78 is 0. The molecule has 1 heterocycles. The van der Waals surface area contributed by atoms with Crippen LogP contribution in [-0.2, 0) is 0 Å². The van der Waals surface area contributed by atoms with Gasteiger partial charge >= 0.3 is 0 Å². The average Bonchev–Trinajstić information content (AvgIpc) is 2.87. The van der Waals surface area contributed by atoms with Crippen LogP contribution in [0.25, 0.3) is 0 Å². The monoisotopic (exact) mass is 178 g/mol. The Balaban J connectivity index is 2.32. The third-order valence-corrected chi connectivity index (χ3v) is 2.33. The Morgan fingerprint density at radius 2 is 2.25 bits per heavy atom. The Kier molecular flexibility index (Phi) is 1.81. The SMILES string of the molecule is NC(=S)c1cncc(C2CC2)c1. The molecule has 1 fully saturated rings. The molecule has 0 spiro atoms. The fourth-order valence-electron chi connectivity index (χ4n) is 1.23. The van der Waals surface area contributed by atoms with Crippen LogP contribution in [0.15, 0.2) is 18.5 Å². The first-order valence-electron chi connectivity index (χ1n) is 4.02. The summed E-state index contributed by atoms with van der Waals surface area (Å²) in [6, 6.07) is 2.05. The molecule has 2 nitrogen and oxygen atoms in total. The van der Waals surface area contributed by atoms with Gasteiger partial charge in [0.1, 0.15) is 4.99 Å². The summed E-state index contributed by atoms with van der Waals surface area (Å²) in [7, 11) is 0. The molecular weight excluding hydrogens is 168 g/mol. The van der Waals surface area contributed by atoms with E-state index in [-0.39, 0.29) is 0 Å². The topological polar surface area (TPSA) is 38.9 Å². The zero-order valence-electron chi connectivity index (χ0n) is 6.66. The van der Waals surface area contributed by atoms with Gasteiger partial charge in [0.05, 0.1) is 0 Å². The molecule has 0 bridgehead atoms. The summed E-state index contributed by atoms with van der Waals surface area (Å²) in [6.45, 7) is 0. The van der Waals surface area contributed by atoms with Crippen LogP contribution in [-0.4, -0.2) is 9.97 Å². The smallest absolute Gasteiger partial charge is 0.105 e. The lowest BCUT2D eigenvalue weighted by molar-refractivity contribution is 1.09. The van der Waals surface area contributed by atoms with Crippen molar-refractivity contribution in [3.8, 4) is 0 Å². The van der Waals surface area contributed by atoms with Crippen molar-refractivity contribution in [3.63, 3.8) is 0 Å². The van der Waals surface area contributed by atoms with Crippen LogP contribution in [0.3, 0.4) is 0 Å². The van der Waals surface area contributed by atoms with E-state index in [0.717, 1.165) is 5.56 Å².